The third kappa shape index (κ3) is 10.6. The number of ether oxygens (including phenoxy) is 1. The van der Waals surface area contributed by atoms with Gasteiger partial charge in [0.1, 0.15) is 6.61 Å². The zero-order valence-electron chi connectivity index (χ0n) is 11.8. The Kier molecular flexibility index (Phi) is 9.60. The maximum absolute atomic E-state index is 12.0. The van der Waals surface area contributed by atoms with Crippen molar-refractivity contribution < 1.29 is 38.1 Å². The van der Waals surface area contributed by atoms with Crippen LogP contribution >= 0.6 is 0 Å². The molecule has 0 aliphatic rings. The van der Waals surface area contributed by atoms with Crippen LogP contribution < -0.4 is 11.1 Å². The lowest BCUT2D eigenvalue weighted by atomic mass is 10.2. The van der Waals surface area contributed by atoms with Gasteiger partial charge in [-0.15, -0.1) is 0 Å². The van der Waals surface area contributed by atoms with Crippen LogP contribution in [0.1, 0.15) is 5.56 Å². The molecule has 1 rings (SSSR count). The standard InChI is InChI=1S/C11H14F2N2O2.C2H2O4/c12-10(13)9(14)6-15-11(16)17-7-8-4-2-1-3-5-8;3-1(4)2(5)6/h1-5,9-10H,6-7,14H2,(H,15,16);(H,3,4)(H,5,6). The van der Waals surface area contributed by atoms with Gasteiger partial charge in [0.25, 0.3) is 6.43 Å². The summed E-state index contributed by atoms with van der Waals surface area (Å²) in [6.45, 7) is -0.220. The van der Waals surface area contributed by atoms with E-state index in [9.17, 15) is 13.6 Å². The van der Waals surface area contributed by atoms with E-state index >= 15 is 0 Å². The third-order valence-electron chi connectivity index (χ3n) is 2.20. The summed E-state index contributed by atoms with van der Waals surface area (Å²) in [6.07, 6.45) is -3.42. The summed E-state index contributed by atoms with van der Waals surface area (Å²) in [6, 6.07) is 7.66. The monoisotopic (exact) mass is 334 g/mol. The minimum atomic E-state index is -2.66. The number of carbonyl (C=O) groups excluding carboxylic acids is 1. The van der Waals surface area contributed by atoms with E-state index in [1.54, 1.807) is 12.1 Å². The molecule has 1 atom stereocenters. The van der Waals surface area contributed by atoms with Gasteiger partial charge in [-0.25, -0.2) is 23.2 Å². The molecule has 0 bridgehead atoms. The van der Waals surface area contributed by atoms with Crippen molar-refractivity contribution in [1.82, 2.24) is 5.32 Å². The van der Waals surface area contributed by atoms with Crippen LogP contribution in [0, 0.1) is 0 Å². The second-order valence-electron chi connectivity index (χ2n) is 4.05. The lowest BCUT2D eigenvalue weighted by Crippen LogP contribution is -2.41. The Labute approximate surface area is 129 Å². The van der Waals surface area contributed by atoms with Crippen LogP contribution in [0.15, 0.2) is 30.3 Å². The number of rotatable bonds is 5. The molecule has 128 valence electrons. The van der Waals surface area contributed by atoms with Gasteiger partial charge in [-0.3, -0.25) is 0 Å². The maximum atomic E-state index is 12.0. The summed E-state index contributed by atoms with van der Waals surface area (Å²) in [4.78, 5) is 29.3. The number of benzene rings is 1. The zero-order valence-corrected chi connectivity index (χ0v) is 11.8. The van der Waals surface area contributed by atoms with E-state index in [0.717, 1.165) is 5.56 Å². The van der Waals surface area contributed by atoms with Crippen molar-refractivity contribution in [2.24, 2.45) is 5.73 Å². The first-order chi connectivity index (χ1) is 10.7. The van der Waals surface area contributed by atoms with E-state index in [4.69, 9.17) is 30.3 Å². The number of aliphatic carboxylic acids is 2. The van der Waals surface area contributed by atoms with Crippen molar-refractivity contribution in [3.8, 4) is 0 Å². The number of alkyl carbamates (subject to hydrolysis) is 1. The molecular formula is C13H16F2N2O6. The highest BCUT2D eigenvalue weighted by Gasteiger charge is 2.16. The molecule has 0 spiro atoms. The van der Waals surface area contributed by atoms with E-state index in [1.165, 1.54) is 0 Å². The normalized spacial score (nSPS) is 11.0. The van der Waals surface area contributed by atoms with Gasteiger partial charge in [-0.2, -0.15) is 0 Å². The van der Waals surface area contributed by atoms with Crippen molar-refractivity contribution in [2.45, 2.75) is 19.1 Å². The molecule has 1 amide bonds. The molecular weight excluding hydrogens is 318 g/mol. The fraction of sp³-hybridized carbons (Fsp3) is 0.308. The van der Waals surface area contributed by atoms with Crippen LogP contribution in [0.5, 0.6) is 0 Å². The number of amides is 1. The number of hydrogen-bond acceptors (Lipinski definition) is 5. The van der Waals surface area contributed by atoms with Gasteiger partial charge >= 0.3 is 18.0 Å². The Balaban J connectivity index is 0.000000688. The van der Waals surface area contributed by atoms with Gasteiger partial charge in [-0.05, 0) is 5.56 Å². The molecule has 0 aromatic heterocycles. The SMILES string of the molecule is NC(CNC(=O)OCc1ccccc1)C(F)F.O=C(O)C(=O)O. The number of halogens is 2. The maximum Gasteiger partial charge on any atom is 0.414 e. The molecule has 8 nitrogen and oxygen atoms in total. The molecule has 1 aromatic rings. The summed E-state index contributed by atoms with van der Waals surface area (Å²) < 4.78 is 28.8. The highest BCUT2D eigenvalue weighted by molar-refractivity contribution is 6.27. The van der Waals surface area contributed by atoms with Crippen LogP contribution in [-0.2, 0) is 20.9 Å². The molecule has 0 saturated carbocycles. The Morgan fingerprint density at radius 2 is 1.65 bits per heavy atom. The van der Waals surface area contributed by atoms with E-state index < -0.39 is 30.5 Å². The molecule has 1 aromatic carbocycles. The topological polar surface area (TPSA) is 139 Å². The van der Waals surface area contributed by atoms with Gasteiger partial charge in [0.15, 0.2) is 0 Å². The van der Waals surface area contributed by atoms with Crippen LogP contribution in [0.2, 0.25) is 0 Å². The molecule has 0 heterocycles. The van der Waals surface area contributed by atoms with Crippen LogP contribution in [-0.4, -0.2) is 47.3 Å². The van der Waals surface area contributed by atoms with Crippen molar-refractivity contribution in [3.05, 3.63) is 35.9 Å². The van der Waals surface area contributed by atoms with E-state index in [2.05, 4.69) is 5.32 Å². The quantitative estimate of drug-likeness (QED) is 0.580. The summed E-state index contributed by atoms with van der Waals surface area (Å²) in [5.74, 6) is -3.65. The lowest BCUT2D eigenvalue weighted by Gasteiger charge is -2.11. The van der Waals surface area contributed by atoms with Gasteiger partial charge < -0.3 is 26.0 Å². The molecule has 0 fully saturated rings. The molecule has 23 heavy (non-hydrogen) atoms. The summed E-state index contributed by atoms with van der Waals surface area (Å²) in [5.41, 5.74) is 5.87. The second-order valence-corrected chi connectivity index (χ2v) is 4.05. The number of alkyl halides is 2. The number of hydrogen-bond donors (Lipinski definition) is 4. The largest absolute Gasteiger partial charge is 0.473 e. The Morgan fingerprint density at radius 1 is 1.13 bits per heavy atom. The summed E-state index contributed by atoms with van der Waals surface area (Å²) >= 11 is 0. The molecule has 10 heteroatoms. The Morgan fingerprint density at radius 3 is 2.09 bits per heavy atom. The number of carboxylic acids is 2. The highest BCUT2D eigenvalue weighted by atomic mass is 19.3. The van der Waals surface area contributed by atoms with Crippen LogP contribution in [0.4, 0.5) is 13.6 Å². The molecule has 5 N–H and O–H groups in total. The minimum Gasteiger partial charge on any atom is -0.473 e. The predicted molar refractivity (Wildman–Crippen MR) is 73.9 cm³/mol. The number of nitrogens with one attached hydrogen (secondary N) is 1. The predicted octanol–water partition coefficient (Wildman–Crippen LogP) is 0.661. The van der Waals surface area contributed by atoms with E-state index in [0.29, 0.717) is 0 Å². The fourth-order valence-electron chi connectivity index (χ4n) is 1.06. The summed E-state index contributed by atoms with van der Waals surface area (Å²) in [5, 5.41) is 17.0. The van der Waals surface area contributed by atoms with Crippen LogP contribution in [0.25, 0.3) is 0 Å². The van der Waals surface area contributed by atoms with Gasteiger partial charge in [0, 0.05) is 6.54 Å². The van der Waals surface area contributed by atoms with Crippen molar-refractivity contribution in [2.75, 3.05) is 6.54 Å². The number of carbonyl (C=O) groups is 3. The van der Waals surface area contributed by atoms with Gasteiger partial charge in [0.2, 0.25) is 0 Å². The first-order valence-electron chi connectivity index (χ1n) is 6.18. The number of carboxylic acid groups (broad SMARTS) is 2. The van der Waals surface area contributed by atoms with Crippen molar-refractivity contribution >= 4 is 18.0 Å². The zero-order chi connectivity index (χ0) is 17.8. The number of nitrogens with two attached hydrogens (primary N) is 1. The van der Waals surface area contributed by atoms with E-state index in [-0.39, 0.29) is 13.2 Å². The second kappa shape index (κ2) is 10.9. The average molecular weight is 334 g/mol. The molecule has 0 aliphatic heterocycles. The molecule has 0 radical (unpaired) electrons. The smallest absolute Gasteiger partial charge is 0.414 e. The average Bonchev–Trinajstić information content (AvgIpc) is 2.51. The van der Waals surface area contributed by atoms with E-state index in [1.807, 2.05) is 18.2 Å². The fourth-order valence-corrected chi connectivity index (χ4v) is 1.06. The third-order valence-corrected chi connectivity index (χ3v) is 2.20. The van der Waals surface area contributed by atoms with Gasteiger partial charge in [0.05, 0.1) is 6.04 Å². The van der Waals surface area contributed by atoms with Gasteiger partial charge in [-0.1, -0.05) is 30.3 Å². The first kappa shape index (κ1) is 20.2. The molecule has 1 unspecified atom stereocenters. The van der Waals surface area contributed by atoms with Crippen molar-refractivity contribution in [1.29, 1.82) is 0 Å². The Bertz CT molecular complexity index is 500. The molecule has 0 aliphatic carbocycles. The Hall–Kier alpha value is -2.75. The first-order valence-corrected chi connectivity index (χ1v) is 6.18. The lowest BCUT2D eigenvalue weighted by molar-refractivity contribution is -0.159. The highest BCUT2D eigenvalue weighted by Crippen LogP contribution is 2.01. The molecule has 0 saturated heterocycles. The summed E-state index contributed by atoms with van der Waals surface area (Å²) in [7, 11) is 0. The van der Waals surface area contributed by atoms with Crippen molar-refractivity contribution in [3.63, 3.8) is 0 Å². The minimum absolute atomic E-state index is 0.0938. The van der Waals surface area contributed by atoms with Crippen LogP contribution in [0.3, 0.4) is 0 Å².